The molecule has 8 heteroatoms. The van der Waals surface area contributed by atoms with Crippen molar-refractivity contribution in [3.05, 3.63) is 59.7 Å². The quantitative estimate of drug-likeness (QED) is 0.559. The lowest BCUT2D eigenvalue weighted by atomic mass is 10.2. The molecule has 0 fully saturated rings. The minimum atomic E-state index is -3.86. The number of sulfonamides is 1. The Kier molecular flexibility index (Phi) is 8.43. The lowest BCUT2D eigenvalue weighted by molar-refractivity contribution is 0.0944. The summed E-state index contributed by atoms with van der Waals surface area (Å²) in [5.74, 6) is -0.174. The van der Waals surface area contributed by atoms with Crippen LogP contribution in [0.2, 0.25) is 0 Å². The molecule has 0 unspecified atom stereocenters. The number of rotatable bonds is 11. The third kappa shape index (κ3) is 6.33. The maximum atomic E-state index is 12.8. The van der Waals surface area contributed by atoms with Gasteiger partial charge in [0.25, 0.3) is 5.91 Å². The molecule has 2 aromatic rings. The second-order valence-electron chi connectivity index (χ2n) is 5.98. The molecule has 0 aliphatic carbocycles. The Labute approximate surface area is 166 Å². The van der Waals surface area contributed by atoms with Crippen LogP contribution in [-0.4, -0.2) is 41.2 Å². The molecule has 0 bridgehead atoms. The van der Waals surface area contributed by atoms with Crippen molar-refractivity contribution in [3.8, 4) is 5.75 Å². The summed E-state index contributed by atoms with van der Waals surface area (Å²) in [5, 5.41) is 2.76. The highest BCUT2D eigenvalue weighted by atomic mass is 32.2. The summed E-state index contributed by atoms with van der Waals surface area (Å²) < 4.78 is 38.4. The lowest BCUT2D eigenvalue weighted by Crippen LogP contribution is -2.27. The Morgan fingerprint density at radius 3 is 2.54 bits per heavy atom. The molecule has 0 saturated heterocycles. The van der Waals surface area contributed by atoms with E-state index in [9.17, 15) is 13.2 Å². The standard InChI is InChI=1S/C20H26N2O5S/c1-3-27-13-7-12-21-20(23)17-10-11-18(26-2)19(14-17)28(24,25)22-15-16-8-5-4-6-9-16/h4-6,8-11,14,22H,3,7,12-13,15H2,1-2H3,(H,21,23). The summed E-state index contributed by atoms with van der Waals surface area (Å²) in [6, 6.07) is 13.5. The van der Waals surface area contributed by atoms with Gasteiger partial charge in [0, 0.05) is 31.9 Å². The summed E-state index contributed by atoms with van der Waals surface area (Å²) in [5.41, 5.74) is 1.07. The SMILES string of the molecule is CCOCCCNC(=O)c1ccc(OC)c(S(=O)(=O)NCc2ccccc2)c1. The predicted octanol–water partition coefficient (Wildman–Crippen LogP) is 2.33. The Morgan fingerprint density at radius 1 is 1.11 bits per heavy atom. The maximum absolute atomic E-state index is 12.8. The molecule has 2 rings (SSSR count). The summed E-state index contributed by atoms with van der Waals surface area (Å²) in [6.45, 7) is 3.68. The van der Waals surface area contributed by atoms with Gasteiger partial charge in [0.2, 0.25) is 10.0 Å². The molecule has 152 valence electrons. The molecule has 0 aliphatic rings. The van der Waals surface area contributed by atoms with Crippen molar-refractivity contribution in [2.75, 3.05) is 26.9 Å². The zero-order chi connectivity index (χ0) is 20.4. The molecule has 2 aromatic carbocycles. The molecule has 0 spiro atoms. The van der Waals surface area contributed by atoms with E-state index in [1.807, 2.05) is 37.3 Å². The van der Waals surface area contributed by atoms with E-state index in [1.165, 1.54) is 25.3 Å². The first-order chi connectivity index (χ1) is 13.5. The van der Waals surface area contributed by atoms with Gasteiger partial charge in [0.15, 0.2) is 0 Å². The van der Waals surface area contributed by atoms with Crippen LogP contribution in [0.3, 0.4) is 0 Å². The van der Waals surface area contributed by atoms with E-state index >= 15 is 0 Å². The predicted molar refractivity (Wildman–Crippen MR) is 107 cm³/mol. The average Bonchev–Trinajstić information content (AvgIpc) is 2.72. The van der Waals surface area contributed by atoms with Gasteiger partial charge in [-0.2, -0.15) is 0 Å². The maximum Gasteiger partial charge on any atom is 0.251 e. The smallest absolute Gasteiger partial charge is 0.251 e. The Bertz CT molecular complexity index is 869. The zero-order valence-electron chi connectivity index (χ0n) is 16.1. The number of ether oxygens (including phenoxy) is 2. The summed E-state index contributed by atoms with van der Waals surface area (Å²) in [6.07, 6.45) is 0.680. The van der Waals surface area contributed by atoms with Crippen molar-refractivity contribution in [1.29, 1.82) is 0 Å². The molecular formula is C20H26N2O5S. The van der Waals surface area contributed by atoms with E-state index in [2.05, 4.69) is 10.0 Å². The van der Waals surface area contributed by atoms with Crippen molar-refractivity contribution in [2.45, 2.75) is 24.8 Å². The van der Waals surface area contributed by atoms with Gasteiger partial charge < -0.3 is 14.8 Å². The Hall–Kier alpha value is -2.42. The van der Waals surface area contributed by atoms with Crippen molar-refractivity contribution in [3.63, 3.8) is 0 Å². The van der Waals surface area contributed by atoms with E-state index in [0.717, 1.165) is 5.56 Å². The molecule has 2 N–H and O–H groups in total. The normalized spacial score (nSPS) is 11.2. The van der Waals surface area contributed by atoms with Gasteiger partial charge in [0.1, 0.15) is 10.6 Å². The minimum Gasteiger partial charge on any atom is -0.495 e. The molecule has 28 heavy (non-hydrogen) atoms. The van der Waals surface area contributed by atoms with Crippen LogP contribution in [-0.2, 0) is 21.3 Å². The highest BCUT2D eigenvalue weighted by Gasteiger charge is 2.21. The van der Waals surface area contributed by atoms with E-state index in [1.54, 1.807) is 0 Å². The summed E-state index contributed by atoms with van der Waals surface area (Å²) in [4.78, 5) is 12.3. The van der Waals surface area contributed by atoms with Gasteiger partial charge in [-0.25, -0.2) is 13.1 Å². The average molecular weight is 407 g/mol. The van der Waals surface area contributed by atoms with Crippen LogP contribution in [0.1, 0.15) is 29.3 Å². The van der Waals surface area contributed by atoms with Crippen molar-refractivity contribution in [2.24, 2.45) is 0 Å². The number of carbonyl (C=O) groups is 1. The van der Waals surface area contributed by atoms with Gasteiger partial charge in [-0.05, 0) is 37.1 Å². The monoisotopic (exact) mass is 406 g/mol. The van der Waals surface area contributed by atoms with Crippen LogP contribution in [0.4, 0.5) is 0 Å². The topological polar surface area (TPSA) is 93.7 Å². The number of methoxy groups -OCH3 is 1. The highest BCUT2D eigenvalue weighted by molar-refractivity contribution is 7.89. The van der Waals surface area contributed by atoms with Gasteiger partial charge in [-0.1, -0.05) is 30.3 Å². The van der Waals surface area contributed by atoms with E-state index in [-0.39, 0.29) is 28.7 Å². The first-order valence-electron chi connectivity index (χ1n) is 9.05. The molecule has 0 saturated carbocycles. The van der Waals surface area contributed by atoms with Gasteiger partial charge in [-0.15, -0.1) is 0 Å². The molecule has 0 aliphatic heterocycles. The van der Waals surface area contributed by atoms with Crippen LogP contribution >= 0.6 is 0 Å². The summed E-state index contributed by atoms with van der Waals surface area (Å²) >= 11 is 0. The number of hydrogen-bond acceptors (Lipinski definition) is 5. The lowest BCUT2D eigenvalue weighted by Gasteiger charge is -2.13. The molecule has 0 heterocycles. The van der Waals surface area contributed by atoms with Crippen LogP contribution < -0.4 is 14.8 Å². The van der Waals surface area contributed by atoms with Gasteiger partial charge in [-0.3, -0.25) is 4.79 Å². The largest absolute Gasteiger partial charge is 0.495 e. The van der Waals surface area contributed by atoms with Gasteiger partial charge in [0.05, 0.1) is 7.11 Å². The van der Waals surface area contributed by atoms with Crippen LogP contribution in [0, 0.1) is 0 Å². The molecule has 0 atom stereocenters. The van der Waals surface area contributed by atoms with Crippen molar-refractivity contribution >= 4 is 15.9 Å². The Morgan fingerprint density at radius 2 is 1.86 bits per heavy atom. The highest BCUT2D eigenvalue weighted by Crippen LogP contribution is 2.25. The molecule has 0 radical (unpaired) electrons. The third-order valence-corrected chi connectivity index (χ3v) is 5.40. The number of carbonyl (C=O) groups excluding carboxylic acids is 1. The first-order valence-corrected chi connectivity index (χ1v) is 10.5. The second kappa shape index (κ2) is 10.8. The number of hydrogen-bond donors (Lipinski definition) is 2. The minimum absolute atomic E-state index is 0.0760. The molecular weight excluding hydrogens is 380 g/mol. The molecule has 1 amide bonds. The fourth-order valence-corrected chi connectivity index (χ4v) is 3.71. The van der Waals surface area contributed by atoms with Crippen molar-refractivity contribution < 1.29 is 22.7 Å². The van der Waals surface area contributed by atoms with Crippen LogP contribution in [0.25, 0.3) is 0 Å². The van der Waals surface area contributed by atoms with Crippen LogP contribution in [0.5, 0.6) is 5.75 Å². The fourth-order valence-electron chi connectivity index (χ4n) is 2.50. The third-order valence-electron chi connectivity index (χ3n) is 3.98. The zero-order valence-corrected chi connectivity index (χ0v) is 16.9. The number of benzene rings is 2. The number of nitrogens with one attached hydrogen (secondary N) is 2. The van der Waals surface area contributed by atoms with Crippen LogP contribution in [0.15, 0.2) is 53.4 Å². The molecule has 0 aromatic heterocycles. The number of amides is 1. The van der Waals surface area contributed by atoms with Gasteiger partial charge >= 0.3 is 0 Å². The summed E-state index contributed by atoms with van der Waals surface area (Å²) in [7, 11) is -2.48. The second-order valence-corrected chi connectivity index (χ2v) is 7.72. The molecule has 7 nitrogen and oxygen atoms in total. The van der Waals surface area contributed by atoms with Crippen molar-refractivity contribution in [1.82, 2.24) is 10.0 Å². The first kappa shape index (κ1) is 21.9. The van der Waals surface area contributed by atoms with E-state index < -0.39 is 10.0 Å². The fraction of sp³-hybridized carbons (Fsp3) is 0.350. The Balaban J connectivity index is 2.11. The van der Waals surface area contributed by atoms with E-state index in [0.29, 0.717) is 26.2 Å². The van der Waals surface area contributed by atoms with E-state index in [4.69, 9.17) is 9.47 Å².